The molecule has 1 rings (SSSR count). The third-order valence-corrected chi connectivity index (χ3v) is 3.52. The van der Waals surface area contributed by atoms with E-state index in [9.17, 15) is 9.59 Å². The van der Waals surface area contributed by atoms with Crippen LogP contribution in [0.1, 0.15) is 19.8 Å². The summed E-state index contributed by atoms with van der Waals surface area (Å²) in [4.78, 5) is 25.7. The first-order chi connectivity index (χ1) is 10.5. The van der Waals surface area contributed by atoms with E-state index in [4.69, 9.17) is 23.2 Å². The van der Waals surface area contributed by atoms with Crippen molar-refractivity contribution in [1.29, 1.82) is 0 Å². The SMILES string of the molecule is CCCN(CC(=O)Nc1ccc(Cl)cc1Cl)C(=O)CCNC.Cl. The van der Waals surface area contributed by atoms with E-state index in [0.29, 0.717) is 35.2 Å². The van der Waals surface area contributed by atoms with E-state index in [1.165, 1.54) is 0 Å². The molecule has 2 amide bonds. The summed E-state index contributed by atoms with van der Waals surface area (Å²) in [7, 11) is 1.78. The molecule has 0 aromatic heterocycles. The summed E-state index contributed by atoms with van der Waals surface area (Å²) in [6.07, 6.45) is 1.16. The maximum atomic E-state index is 12.1. The number of nitrogens with one attached hydrogen (secondary N) is 2. The lowest BCUT2D eigenvalue weighted by atomic mass is 10.3. The smallest absolute Gasteiger partial charge is 0.244 e. The molecule has 0 bridgehead atoms. The van der Waals surface area contributed by atoms with Crippen molar-refractivity contribution < 1.29 is 9.59 Å². The third kappa shape index (κ3) is 7.88. The first-order valence-corrected chi connectivity index (χ1v) is 7.90. The van der Waals surface area contributed by atoms with Crippen LogP contribution in [0.25, 0.3) is 0 Å². The van der Waals surface area contributed by atoms with Crippen LogP contribution in [0.4, 0.5) is 5.69 Å². The molecule has 0 heterocycles. The summed E-state index contributed by atoms with van der Waals surface area (Å²) < 4.78 is 0. The molecular formula is C15H22Cl3N3O2. The van der Waals surface area contributed by atoms with Crippen LogP contribution in [-0.4, -0.2) is 43.4 Å². The van der Waals surface area contributed by atoms with Gasteiger partial charge in [0, 0.05) is 24.5 Å². The Kier molecular flexibility index (Phi) is 11.0. The second kappa shape index (κ2) is 11.5. The lowest BCUT2D eigenvalue weighted by Crippen LogP contribution is -2.39. The minimum Gasteiger partial charge on any atom is -0.333 e. The van der Waals surface area contributed by atoms with Gasteiger partial charge in [0.15, 0.2) is 0 Å². The van der Waals surface area contributed by atoms with Crippen molar-refractivity contribution in [2.24, 2.45) is 0 Å². The van der Waals surface area contributed by atoms with Gasteiger partial charge in [-0.2, -0.15) is 0 Å². The molecule has 0 saturated carbocycles. The zero-order valence-corrected chi connectivity index (χ0v) is 15.5. The van der Waals surface area contributed by atoms with Crippen LogP contribution in [-0.2, 0) is 9.59 Å². The molecule has 0 unspecified atom stereocenters. The summed E-state index contributed by atoms with van der Waals surface area (Å²) in [6, 6.07) is 4.83. The van der Waals surface area contributed by atoms with Crippen LogP contribution in [0.5, 0.6) is 0 Å². The molecule has 0 spiro atoms. The highest BCUT2D eigenvalue weighted by Crippen LogP contribution is 2.25. The van der Waals surface area contributed by atoms with Crippen molar-refractivity contribution in [2.75, 3.05) is 32.0 Å². The number of hydrogen-bond acceptors (Lipinski definition) is 3. The first kappa shape index (κ1) is 22.0. The molecule has 23 heavy (non-hydrogen) atoms. The fourth-order valence-corrected chi connectivity index (χ4v) is 2.36. The number of anilines is 1. The van der Waals surface area contributed by atoms with Gasteiger partial charge in [0.25, 0.3) is 0 Å². The Labute approximate surface area is 153 Å². The third-order valence-electron chi connectivity index (χ3n) is 2.97. The Balaban J connectivity index is 0.00000484. The van der Waals surface area contributed by atoms with Crippen molar-refractivity contribution in [3.05, 3.63) is 28.2 Å². The van der Waals surface area contributed by atoms with Gasteiger partial charge < -0.3 is 15.5 Å². The molecule has 0 fully saturated rings. The van der Waals surface area contributed by atoms with Gasteiger partial charge in [-0.25, -0.2) is 0 Å². The molecule has 0 aliphatic carbocycles. The number of halogens is 3. The van der Waals surface area contributed by atoms with Gasteiger partial charge in [-0.1, -0.05) is 30.1 Å². The normalized spacial score (nSPS) is 9.91. The van der Waals surface area contributed by atoms with Crippen molar-refractivity contribution in [1.82, 2.24) is 10.2 Å². The predicted octanol–water partition coefficient (Wildman–Crippen LogP) is 3.20. The van der Waals surface area contributed by atoms with Crippen LogP contribution in [0, 0.1) is 0 Å². The van der Waals surface area contributed by atoms with Gasteiger partial charge in [0.05, 0.1) is 17.3 Å². The predicted molar refractivity (Wildman–Crippen MR) is 97.8 cm³/mol. The molecular weight excluding hydrogens is 361 g/mol. The summed E-state index contributed by atoms with van der Waals surface area (Å²) in [6.45, 7) is 3.11. The average molecular weight is 383 g/mol. The number of nitrogens with zero attached hydrogens (tertiary/aromatic N) is 1. The topological polar surface area (TPSA) is 61.4 Å². The van der Waals surface area contributed by atoms with Crippen LogP contribution < -0.4 is 10.6 Å². The molecule has 0 atom stereocenters. The van der Waals surface area contributed by atoms with Crippen LogP contribution >= 0.6 is 35.6 Å². The second-order valence-electron chi connectivity index (χ2n) is 4.84. The Morgan fingerprint density at radius 3 is 2.52 bits per heavy atom. The molecule has 130 valence electrons. The summed E-state index contributed by atoms with van der Waals surface area (Å²) in [5.74, 6) is -0.330. The fourth-order valence-electron chi connectivity index (χ4n) is 1.91. The highest BCUT2D eigenvalue weighted by atomic mass is 35.5. The highest BCUT2D eigenvalue weighted by molar-refractivity contribution is 6.36. The van der Waals surface area contributed by atoms with E-state index in [2.05, 4.69) is 10.6 Å². The molecule has 1 aromatic rings. The summed E-state index contributed by atoms with van der Waals surface area (Å²) in [5.41, 5.74) is 0.482. The van der Waals surface area contributed by atoms with Crippen LogP contribution in [0.3, 0.4) is 0 Å². The molecule has 0 aliphatic rings. The van der Waals surface area contributed by atoms with Crippen molar-refractivity contribution >= 4 is 53.1 Å². The standard InChI is InChI=1S/C15H21Cl2N3O2.ClH/c1-3-8-20(15(22)6-7-18-2)10-14(21)19-13-5-4-11(16)9-12(13)17;/h4-5,9,18H,3,6-8,10H2,1-2H3,(H,19,21);1H. The number of hydrogen-bond donors (Lipinski definition) is 2. The van der Waals surface area contributed by atoms with Gasteiger partial charge in [0.2, 0.25) is 11.8 Å². The van der Waals surface area contributed by atoms with Gasteiger partial charge >= 0.3 is 0 Å². The fraction of sp³-hybridized carbons (Fsp3) is 0.467. The minimum atomic E-state index is -0.282. The number of amides is 2. The highest BCUT2D eigenvalue weighted by Gasteiger charge is 2.16. The van der Waals surface area contributed by atoms with E-state index in [0.717, 1.165) is 6.42 Å². The van der Waals surface area contributed by atoms with E-state index in [-0.39, 0.29) is 30.8 Å². The first-order valence-electron chi connectivity index (χ1n) is 7.15. The molecule has 0 radical (unpaired) electrons. The van der Waals surface area contributed by atoms with E-state index >= 15 is 0 Å². The Morgan fingerprint density at radius 1 is 1.26 bits per heavy atom. The van der Waals surface area contributed by atoms with Crippen molar-refractivity contribution in [3.63, 3.8) is 0 Å². The molecule has 0 saturated heterocycles. The number of rotatable bonds is 8. The lowest BCUT2D eigenvalue weighted by molar-refractivity contribution is -0.134. The monoisotopic (exact) mass is 381 g/mol. The van der Waals surface area contributed by atoms with Gasteiger partial charge in [-0.15, -0.1) is 12.4 Å². The van der Waals surface area contributed by atoms with Crippen molar-refractivity contribution in [3.8, 4) is 0 Å². The Morgan fingerprint density at radius 2 is 1.96 bits per heavy atom. The zero-order valence-electron chi connectivity index (χ0n) is 13.2. The maximum absolute atomic E-state index is 12.1. The van der Waals surface area contributed by atoms with E-state index in [1.807, 2.05) is 6.92 Å². The Hall–Kier alpha value is -1.01. The van der Waals surface area contributed by atoms with Gasteiger partial charge in [0.1, 0.15) is 0 Å². The lowest BCUT2D eigenvalue weighted by Gasteiger charge is -2.21. The van der Waals surface area contributed by atoms with Gasteiger partial charge in [-0.05, 0) is 31.7 Å². The number of benzene rings is 1. The quantitative estimate of drug-likeness (QED) is 0.726. The van der Waals surface area contributed by atoms with Crippen LogP contribution in [0.2, 0.25) is 10.0 Å². The Bertz CT molecular complexity index is 527. The average Bonchev–Trinajstić information content (AvgIpc) is 2.47. The molecule has 5 nitrogen and oxygen atoms in total. The van der Waals surface area contributed by atoms with E-state index in [1.54, 1.807) is 30.1 Å². The summed E-state index contributed by atoms with van der Waals surface area (Å²) in [5, 5.41) is 6.48. The molecule has 2 N–H and O–H groups in total. The number of carbonyl (C=O) groups excluding carboxylic acids is 2. The molecule has 0 aliphatic heterocycles. The van der Waals surface area contributed by atoms with Crippen molar-refractivity contribution in [2.45, 2.75) is 19.8 Å². The maximum Gasteiger partial charge on any atom is 0.244 e. The minimum absolute atomic E-state index is 0. The van der Waals surface area contributed by atoms with Crippen LogP contribution in [0.15, 0.2) is 18.2 Å². The number of carbonyl (C=O) groups is 2. The van der Waals surface area contributed by atoms with Gasteiger partial charge in [-0.3, -0.25) is 9.59 Å². The second-order valence-corrected chi connectivity index (χ2v) is 5.68. The summed E-state index contributed by atoms with van der Waals surface area (Å²) >= 11 is 11.8. The molecule has 1 aromatic carbocycles. The molecule has 8 heteroatoms. The zero-order chi connectivity index (χ0) is 16.5. The largest absolute Gasteiger partial charge is 0.333 e. The van der Waals surface area contributed by atoms with E-state index < -0.39 is 0 Å².